The number of hydrogen-bond acceptors (Lipinski definition) is 4. The Labute approximate surface area is 177 Å². The topological polar surface area (TPSA) is 98.1 Å². The number of benzene rings is 2. The highest BCUT2D eigenvalue weighted by Crippen LogP contribution is 2.50. The summed E-state index contributed by atoms with van der Waals surface area (Å²) in [6.45, 7) is 4.38. The minimum atomic E-state index is -1.82. The Kier molecular flexibility index (Phi) is 8.15. The van der Waals surface area contributed by atoms with Crippen LogP contribution in [0.2, 0.25) is 0 Å². The zero-order valence-corrected chi connectivity index (χ0v) is 17.7. The van der Waals surface area contributed by atoms with Crippen LogP contribution in [0.5, 0.6) is 0 Å². The normalized spacial score (nSPS) is 26.3. The Hall–Kier alpha value is -2.70. The molecule has 1 aliphatic rings. The van der Waals surface area contributed by atoms with Crippen molar-refractivity contribution >= 4 is 11.9 Å². The number of likely N-dealkylation sites (tertiary alicyclic amines) is 1. The molecule has 2 aromatic rings. The van der Waals surface area contributed by atoms with E-state index >= 15 is 0 Å². The molecule has 2 aromatic carbocycles. The van der Waals surface area contributed by atoms with E-state index in [0.29, 0.717) is 0 Å². The number of hydrogen-bond donors (Lipinski definition) is 3. The van der Waals surface area contributed by atoms with E-state index in [1.54, 1.807) is 0 Å². The number of piperidine rings is 1. The molecule has 30 heavy (non-hydrogen) atoms. The molecule has 0 aromatic heterocycles. The summed E-state index contributed by atoms with van der Waals surface area (Å²) in [4.78, 5) is 20.7. The van der Waals surface area contributed by atoms with Crippen LogP contribution < -0.4 is 0 Å². The summed E-state index contributed by atoms with van der Waals surface area (Å²) < 4.78 is 0. The lowest BCUT2D eigenvalue weighted by Gasteiger charge is -2.52. The molecule has 0 aliphatic carbocycles. The molecule has 1 fully saturated rings. The highest BCUT2D eigenvalue weighted by atomic mass is 16.4. The van der Waals surface area contributed by atoms with E-state index in [0.717, 1.165) is 19.3 Å². The molecule has 162 valence electrons. The molecule has 0 amide bonds. The van der Waals surface area contributed by atoms with Gasteiger partial charge >= 0.3 is 11.9 Å². The van der Waals surface area contributed by atoms with E-state index in [2.05, 4.69) is 86.5 Å². The zero-order valence-electron chi connectivity index (χ0n) is 17.7. The number of carbonyl (C=O) groups is 2. The molecule has 3 N–H and O–H groups in total. The molecular weight excluding hydrogens is 382 g/mol. The number of carboxylic acid groups (broad SMARTS) is 2. The second-order valence-electron chi connectivity index (χ2n) is 7.90. The molecule has 1 saturated heterocycles. The zero-order chi connectivity index (χ0) is 22.3. The van der Waals surface area contributed by atoms with Gasteiger partial charge in [0, 0.05) is 18.0 Å². The standard InChI is InChI=1S/C22H29NO.C2H2O4/c1-4-15-22(24)16-20(18-11-7-5-8-12-18)23(3)21(17(22)2)19-13-9-6-10-14-19;3-1(4)2(5)6/h5-14,17,20-21,24H,4,15-16H2,1-3H3;(H,3,4)(H,5,6). The molecule has 0 saturated carbocycles. The van der Waals surface area contributed by atoms with Crippen LogP contribution in [0, 0.1) is 5.92 Å². The molecule has 6 nitrogen and oxygen atoms in total. The molecule has 1 aliphatic heterocycles. The quantitative estimate of drug-likeness (QED) is 0.652. The maximum atomic E-state index is 11.5. The average molecular weight is 414 g/mol. The first-order valence-electron chi connectivity index (χ1n) is 10.2. The largest absolute Gasteiger partial charge is 0.473 e. The van der Waals surface area contributed by atoms with Crippen LogP contribution in [0.15, 0.2) is 60.7 Å². The summed E-state index contributed by atoms with van der Waals surface area (Å²) in [6.07, 6.45) is 2.66. The Bertz CT molecular complexity index is 814. The van der Waals surface area contributed by atoms with Crippen molar-refractivity contribution in [2.24, 2.45) is 5.92 Å². The highest BCUT2D eigenvalue weighted by Gasteiger charge is 2.48. The van der Waals surface area contributed by atoms with E-state index in [9.17, 15) is 5.11 Å². The number of aliphatic hydroxyl groups is 1. The summed E-state index contributed by atoms with van der Waals surface area (Å²) in [5.41, 5.74) is 1.97. The maximum absolute atomic E-state index is 11.5. The molecular formula is C24H31NO5. The SMILES string of the molecule is CCCC1(O)CC(c2ccccc2)N(C)C(c2ccccc2)C1C.O=C(O)C(=O)O. The fourth-order valence-electron chi connectivity index (χ4n) is 4.47. The first-order chi connectivity index (χ1) is 14.2. The predicted octanol–water partition coefficient (Wildman–Crippen LogP) is 4.13. The van der Waals surface area contributed by atoms with Crippen LogP contribution in [0.25, 0.3) is 0 Å². The lowest BCUT2D eigenvalue weighted by molar-refractivity contribution is -0.159. The number of aliphatic carboxylic acids is 2. The Balaban J connectivity index is 0.000000469. The average Bonchev–Trinajstić information content (AvgIpc) is 2.73. The summed E-state index contributed by atoms with van der Waals surface area (Å²) in [6, 6.07) is 21.7. The van der Waals surface area contributed by atoms with Crippen LogP contribution in [-0.4, -0.2) is 44.8 Å². The first-order valence-corrected chi connectivity index (χ1v) is 10.2. The van der Waals surface area contributed by atoms with Crippen LogP contribution >= 0.6 is 0 Å². The molecule has 0 radical (unpaired) electrons. The van der Waals surface area contributed by atoms with E-state index in [1.165, 1.54) is 11.1 Å². The minimum absolute atomic E-state index is 0.199. The molecule has 4 atom stereocenters. The summed E-state index contributed by atoms with van der Waals surface area (Å²) in [7, 11) is 2.21. The van der Waals surface area contributed by atoms with Crippen molar-refractivity contribution in [2.45, 2.75) is 50.8 Å². The first kappa shape index (κ1) is 23.6. The number of nitrogens with zero attached hydrogens (tertiary/aromatic N) is 1. The molecule has 0 bridgehead atoms. The Morgan fingerprint density at radius 2 is 1.43 bits per heavy atom. The van der Waals surface area contributed by atoms with Gasteiger partial charge in [-0.25, -0.2) is 9.59 Å². The van der Waals surface area contributed by atoms with E-state index in [1.807, 2.05) is 0 Å². The molecule has 4 unspecified atom stereocenters. The molecule has 0 spiro atoms. The van der Waals surface area contributed by atoms with Gasteiger partial charge in [-0.3, -0.25) is 4.90 Å². The van der Waals surface area contributed by atoms with Gasteiger partial charge in [-0.2, -0.15) is 0 Å². The molecule has 1 heterocycles. The van der Waals surface area contributed by atoms with Crippen molar-refractivity contribution in [1.82, 2.24) is 4.90 Å². The third-order valence-electron chi connectivity index (χ3n) is 5.99. The monoisotopic (exact) mass is 413 g/mol. The van der Waals surface area contributed by atoms with Gasteiger partial charge in [-0.05, 0) is 31.0 Å². The second kappa shape index (κ2) is 10.4. The molecule has 3 rings (SSSR count). The fourth-order valence-corrected chi connectivity index (χ4v) is 4.47. The van der Waals surface area contributed by atoms with Gasteiger partial charge in [0.2, 0.25) is 0 Å². The predicted molar refractivity (Wildman–Crippen MR) is 115 cm³/mol. The van der Waals surface area contributed by atoms with Gasteiger partial charge in [0.1, 0.15) is 0 Å². The second-order valence-corrected chi connectivity index (χ2v) is 7.90. The maximum Gasteiger partial charge on any atom is 0.414 e. The van der Waals surface area contributed by atoms with Gasteiger partial charge in [0.25, 0.3) is 0 Å². The van der Waals surface area contributed by atoms with Gasteiger partial charge in [0.05, 0.1) is 5.60 Å². The van der Waals surface area contributed by atoms with Crippen LogP contribution in [0.1, 0.15) is 56.3 Å². The van der Waals surface area contributed by atoms with Gasteiger partial charge in [-0.1, -0.05) is 80.9 Å². The van der Waals surface area contributed by atoms with Crippen molar-refractivity contribution in [3.8, 4) is 0 Å². The van der Waals surface area contributed by atoms with Crippen molar-refractivity contribution in [1.29, 1.82) is 0 Å². The lowest BCUT2D eigenvalue weighted by atomic mass is 9.69. The van der Waals surface area contributed by atoms with Crippen LogP contribution in [-0.2, 0) is 9.59 Å². The van der Waals surface area contributed by atoms with Gasteiger partial charge in [0.15, 0.2) is 0 Å². The number of carboxylic acids is 2. The third-order valence-corrected chi connectivity index (χ3v) is 5.99. The van der Waals surface area contributed by atoms with Crippen LogP contribution in [0.3, 0.4) is 0 Å². The van der Waals surface area contributed by atoms with Gasteiger partial charge in [-0.15, -0.1) is 0 Å². The van der Waals surface area contributed by atoms with Crippen molar-refractivity contribution in [3.63, 3.8) is 0 Å². The highest BCUT2D eigenvalue weighted by molar-refractivity contribution is 6.27. The third kappa shape index (κ3) is 5.46. The van der Waals surface area contributed by atoms with E-state index in [4.69, 9.17) is 19.8 Å². The molecule has 6 heteroatoms. The van der Waals surface area contributed by atoms with Crippen molar-refractivity contribution in [2.75, 3.05) is 7.05 Å². The van der Waals surface area contributed by atoms with Crippen molar-refractivity contribution < 1.29 is 24.9 Å². The Morgan fingerprint density at radius 1 is 0.967 bits per heavy atom. The Morgan fingerprint density at radius 3 is 1.87 bits per heavy atom. The van der Waals surface area contributed by atoms with Crippen LogP contribution in [0.4, 0.5) is 0 Å². The van der Waals surface area contributed by atoms with Crippen molar-refractivity contribution in [3.05, 3.63) is 71.8 Å². The van der Waals surface area contributed by atoms with Gasteiger partial charge < -0.3 is 15.3 Å². The minimum Gasteiger partial charge on any atom is -0.473 e. The lowest BCUT2D eigenvalue weighted by Crippen LogP contribution is -2.52. The summed E-state index contributed by atoms with van der Waals surface area (Å²) in [5.74, 6) is -3.45. The number of rotatable bonds is 4. The summed E-state index contributed by atoms with van der Waals surface area (Å²) in [5, 5.41) is 26.3. The van der Waals surface area contributed by atoms with E-state index < -0.39 is 17.5 Å². The van der Waals surface area contributed by atoms with E-state index in [-0.39, 0.29) is 18.0 Å². The fraction of sp³-hybridized carbons (Fsp3) is 0.417. The smallest absolute Gasteiger partial charge is 0.414 e. The summed E-state index contributed by atoms with van der Waals surface area (Å²) >= 11 is 0.